The first kappa shape index (κ1) is 11.5. The predicted molar refractivity (Wildman–Crippen MR) is 69.9 cm³/mol. The summed E-state index contributed by atoms with van der Waals surface area (Å²) < 4.78 is 0. The van der Waals surface area contributed by atoms with Crippen LogP contribution in [-0.4, -0.2) is 11.1 Å². The SMILES string of the molecule is N#CC1(C#N)[C@@H](c2ccccc2)NN2C=CC=C[C@H]21. The first-order chi connectivity index (χ1) is 9.31. The second-order valence-corrected chi connectivity index (χ2v) is 4.64. The Morgan fingerprint density at radius 1 is 1.11 bits per heavy atom. The Morgan fingerprint density at radius 2 is 1.84 bits per heavy atom. The lowest BCUT2D eigenvalue weighted by molar-refractivity contribution is 0.283. The van der Waals surface area contributed by atoms with E-state index in [0.717, 1.165) is 5.56 Å². The molecule has 0 saturated carbocycles. The maximum absolute atomic E-state index is 9.59. The van der Waals surface area contributed by atoms with Crippen LogP contribution in [0.5, 0.6) is 0 Å². The summed E-state index contributed by atoms with van der Waals surface area (Å²) in [6.45, 7) is 0. The largest absolute Gasteiger partial charge is 0.305 e. The second kappa shape index (κ2) is 4.28. The number of benzene rings is 1. The van der Waals surface area contributed by atoms with Gasteiger partial charge in [0.1, 0.15) is 0 Å². The molecule has 0 radical (unpaired) electrons. The van der Waals surface area contributed by atoms with Crippen LogP contribution in [0.1, 0.15) is 11.6 Å². The molecule has 2 heterocycles. The molecule has 2 aliphatic rings. The highest BCUT2D eigenvalue weighted by molar-refractivity contribution is 5.39. The molecule has 4 heteroatoms. The molecule has 0 aliphatic carbocycles. The molecule has 2 aliphatic heterocycles. The molecule has 0 amide bonds. The fourth-order valence-electron chi connectivity index (χ4n) is 2.68. The summed E-state index contributed by atoms with van der Waals surface area (Å²) in [6, 6.07) is 13.5. The van der Waals surface area contributed by atoms with E-state index in [4.69, 9.17) is 0 Å². The van der Waals surface area contributed by atoms with Crippen molar-refractivity contribution in [3.8, 4) is 12.1 Å². The fraction of sp³-hybridized carbons (Fsp3) is 0.200. The smallest absolute Gasteiger partial charge is 0.189 e. The lowest BCUT2D eigenvalue weighted by Crippen LogP contribution is -2.37. The third-order valence-corrected chi connectivity index (χ3v) is 3.65. The zero-order valence-electron chi connectivity index (χ0n) is 10.2. The van der Waals surface area contributed by atoms with Crippen molar-refractivity contribution in [1.29, 1.82) is 10.5 Å². The second-order valence-electron chi connectivity index (χ2n) is 4.64. The Balaban J connectivity index is 2.11. The van der Waals surface area contributed by atoms with Crippen molar-refractivity contribution in [2.75, 3.05) is 0 Å². The van der Waals surface area contributed by atoms with Gasteiger partial charge in [-0.15, -0.1) is 0 Å². The molecule has 92 valence electrons. The quantitative estimate of drug-likeness (QED) is 0.826. The Kier molecular flexibility index (Phi) is 2.59. The third kappa shape index (κ3) is 1.55. The molecule has 1 fully saturated rings. The molecule has 1 aromatic carbocycles. The molecule has 4 nitrogen and oxygen atoms in total. The minimum Gasteiger partial charge on any atom is -0.305 e. The summed E-state index contributed by atoms with van der Waals surface area (Å²) in [4.78, 5) is 0. The topological polar surface area (TPSA) is 62.9 Å². The van der Waals surface area contributed by atoms with Gasteiger partial charge in [-0.3, -0.25) is 0 Å². The van der Waals surface area contributed by atoms with Gasteiger partial charge in [-0.05, 0) is 11.6 Å². The van der Waals surface area contributed by atoms with Crippen molar-refractivity contribution >= 4 is 0 Å². The molecule has 1 aromatic rings. The van der Waals surface area contributed by atoms with Gasteiger partial charge in [0.05, 0.1) is 24.2 Å². The molecular weight excluding hydrogens is 236 g/mol. The van der Waals surface area contributed by atoms with Gasteiger partial charge in [0, 0.05) is 6.20 Å². The summed E-state index contributed by atoms with van der Waals surface area (Å²) in [5.41, 5.74) is 3.08. The number of nitrogens with one attached hydrogen (secondary N) is 1. The van der Waals surface area contributed by atoms with E-state index in [-0.39, 0.29) is 12.1 Å². The Bertz CT molecular complexity index is 604. The van der Waals surface area contributed by atoms with E-state index in [1.54, 1.807) is 0 Å². The Morgan fingerprint density at radius 3 is 2.53 bits per heavy atom. The summed E-state index contributed by atoms with van der Waals surface area (Å²) in [6.07, 6.45) is 7.51. The van der Waals surface area contributed by atoms with Crippen molar-refractivity contribution in [2.24, 2.45) is 5.41 Å². The first-order valence-electron chi connectivity index (χ1n) is 6.09. The fourth-order valence-corrected chi connectivity index (χ4v) is 2.68. The maximum Gasteiger partial charge on any atom is 0.189 e. The highest BCUT2D eigenvalue weighted by atomic mass is 15.6. The lowest BCUT2D eigenvalue weighted by atomic mass is 9.75. The maximum atomic E-state index is 9.59. The van der Waals surface area contributed by atoms with Gasteiger partial charge >= 0.3 is 0 Å². The summed E-state index contributed by atoms with van der Waals surface area (Å²) in [7, 11) is 0. The van der Waals surface area contributed by atoms with E-state index < -0.39 is 5.41 Å². The number of hydrogen-bond acceptors (Lipinski definition) is 4. The summed E-state index contributed by atoms with van der Waals surface area (Å²) >= 11 is 0. The van der Waals surface area contributed by atoms with E-state index in [9.17, 15) is 10.5 Å². The van der Waals surface area contributed by atoms with Gasteiger partial charge < -0.3 is 5.01 Å². The molecule has 2 atom stereocenters. The van der Waals surface area contributed by atoms with E-state index in [1.165, 1.54) is 0 Å². The van der Waals surface area contributed by atoms with Crippen LogP contribution in [0.4, 0.5) is 0 Å². The summed E-state index contributed by atoms with van der Waals surface area (Å²) in [5.74, 6) is 0. The average Bonchev–Trinajstić information content (AvgIpc) is 2.83. The molecule has 0 bridgehead atoms. The highest BCUT2D eigenvalue weighted by Crippen LogP contribution is 2.45. The van der Waals surface area contributed by atoms with Crippen LogP contribution in [0.15, 0.2) is 54.8 Å². The van der Waals surface area contributed by atoms with Gasteiger partial charge in [-0.2, -0.15) is 10.5 Å². The van der Waals surface area contributed by atoms with Crippen LogP contribution in [0, 0.1) is 28.1 Å². The van der Waals surface area contributed by atoms with Crippen molar-refractivity contribution in [3.05, 3.63) is 60.3 Å². The molecule has 1 N–H and O–H groups in total. The predicted octanol–water partition coefficient (Wildman–Crippen LogP) is 2.03. The van der Waals surface area contributed by atoms with E-state index >= 15 is 0 Å². The first-order valence-corrected chi connectivity index (χ1v) is 6.09. The number of hydrogen-bond donors (Lipinski definition) is 1. The van der Waals surface area contributed by atoms with Crippen LogP contribution in [0.2, 0.25) is 0 Å². The van der Waals surface area contributed by atoms with Crippen molar-refractivity contribution < 1.29 is 0 Å². The molecule has 19 heavy (non-hydrogen) atoms. The van der Waals surface area contributed by atoms with Crippen molar-refractivity contribution in [2.45, 2.75) is 12.1 Å². The third-order valence-electron chi connectivity index (χ3n) is 3.65. The molecule has 0 aromatic heterocycles. The van der Waals surface area contributed by atoms with Crippen LogP contribution >= 0.6 is 0 Å². The van der Waals surface area contributed by atoms with Gasteiger partial charge in [-0.25, -0.2) is 5.43 Å². The minimum absolute atomic E-state index is 0.266. The Labute approximate surface area is 111 Å². The van der Waals surface area contributed by atoms with Gasteiger partial charge in [0.15, 0.2) is 5.41 Å². The average molecular weight is 248 g/mol. The monoisotopic (exact) mass is 248 g/mol. The molecule has 0 unspecified atom stereocenters. The van der Waals surface area contributed by atoms with Crippen LogP contribution in [0.25, 0.3) is 0 Å². The molecule has 1 saturated heterocycles. The Hall–Kier alpha value is -2.56. The molecule has 0 spiro atoms. The number of allylic oxidation sites excluding steroid dienone is 2. The number of fused-ring (bicyclic) bond motifs is 1. The van der Waals surface area contributed by atoms with Gasteiger partial charge in [0.25, 0.3) is 0 Å². The number of nitriles is 2. The molecule has 3 rings (SSSR count). The van der Waals surface area contributed by atoms with E-state index in [2.05, 4.69) is 17.6 Å². The highest BCUT2D eigenvalue weighted by Gasteiger charge is 2.55. The van der Waals surface area contributed by atoms with Crippen LogP contribution < -0.4 is 5.43 Å². The minimum atomic E-state index is -1.12. The summed E-state index contributed by atoms with van der Waals surface area (Å²) in [5, 5.41) is 21.0. The number of hydrazine groups is 1. The number of nitrogens with zero attached hydrogens (tertiary/aromatic N) is 3. The standard InChI is InChI=1S/C15H12N4/c16-10-15(11-17)13-8-4-5-9-19(13)18-14(15)12-6-2-1-3-7-12/h1-9,13-14,18H/t13-,14+/m0/s1. The molecular formula is C15H12N4. The van der Waals surface area contributed by atoms with Gasteiger partial charge in [-0.1, -0.05) is 42.5 Å². The normalized spacial score (nSPS) is 26.5. The number of rotatable bonds is 1. The van der Waals surface area contributed by atoms with Crippen LogP contribution in [-0.2, 0) is 0 Å². The van der Waals surface area contributed by atoms with E-state index in [0.29, 0.717) is 0 Å². The zero-order valence-corrected chi connectivity index (χ0v) is 10.2. The van der Waals surface area contributed by atoms with Crippen molar-refractivity contribution in [3.63, 3.8) is 0 Å². The van der Waals surface area contributed by atoms with Crippen molar-refractivity contribution in [1.82, 2.24) is 10.4 Å². The zero-order chi connectivity index (χ0) is 13.3. The lowest BCUT2D eigenvalue weighted by Gasteiger charge is -2.26. The van der Waals surface area contributed by atoms with Crippen LogP contribution in [0.3, 0.4) is 0 Å². The van der Waals surface area contributed by atoms with Gasteiger partial charge in [0.2, 0.25) is 0 Å². The van der Waals surface area contributed by atoms with E-state index in [1.807, 2.05) is 59.8 Å².